The van der Waals surface area contributed by atoms with Crippen molar-refractivity contribution >= 4 is 5.97 Å². The second kappa shape index (κ2) is 8.36. The van der Waals surface area contributed by atoms with E-state index < -0.39 is 12.1 Å². The second-order valence-electron chi connectivity index (χ2n) is 2.63. The number of benzene rings is 1. The van der Waals surface area contributed by atoms with Gasteiger partial charge in [-0.15, -0.1) is 0 Å². The van der Waals surface area contributed by atoms with E-state index in [1.807, 2.05) is 0 Å². The first-order valence-corrected chi connectivity index (χ1v) is 3.80. The van der Waals surface area contributed by atoms with Gasteiger partial charge in [0.15, 0.2) is 0 Å². The molecular formula is C9H8Na2O5. The van der Waals surface area contributed by atoms with E-state index in [9.17, 15) is 15.0 Å². The van der Waals surface area contributed by atoms with Gasteiger partial charge in [0, 0.05) is 0 Å². The fraction of sp³-hybridized carbons (Fsp3) is 0.222. The number of methoxy groups -OCH3 is 1. The number of hydrogen-bond donors (Lipinski definition) is 1. The van der Waals surface area contributed by atoms with Gasteiger partial charge >= 0.3 is 59.1 Å². The van der Waals surface area contributed by atoms with E-state index in [1.165, 1.54) is 19.2 Å². The number of rotatable bonds is 3. The monoisotopic (exact) mass is 242 g/mol. The van der Waals surface area contributed by atoms with Crippen LogP contribution in [-0.2, 0) is 4.79 Å². The first-order valence-electron chi connectivity index (χ1n) is 3.80. The van der Waals surface area contributed by atoms with Crippen LogP contribution in [0.3, 0.4) is 0 Å². The van der Waals surface area contributed by atoms with Gasteiger partial charge in [0.2, 0.25) is 0 Å². The minimum atomic E-state index is -1.75. The van der Waals surface area contributed by atoms with E-state index in [-0.39, 0.29) is 76.2 Å². The molecule has 16 heavy (non-hydrogen) atoms. The topological polar surface area (TPSA) is 92.7 Å². The van der Waals surface area contributed by atoms with E-state index in [2.05, 4.69) is 4.74 Å². The summed E-state index contributed by atoms with van der Waals surface area (Å²) in [7, 11) is 1.28. The van der Waals surface area contributed by atoms with Crippen molar-refractivity contribution in [3.8, 4) is 11.5 Å². The number of carboxylic acid groups (broad SMARTS) is 1. The maximum atomic E-state index is 11.0. The van der Waals surface area contributed by atoms with E-state index >= 15 is 0 Å². The molecule has 0 spiro atoms. The number of aliphatic carboxylic acids is 1. The summed E-state index contributed by atoms with van der Waals surface area (Å²) in [4.78, 5) is 10.3. The van der Waals surface area contributed by atoms with Gasteiger partial charge in [-0.2, -0.15) is 0 Å². The van der Waals surface area contributed by atoms with Crippen LogP contribution in [0.5, 0.6) is 11.5 Å². The molecule has 0 bridgehead atoms. The molecule has 1 aromatic carbocycles. The molecular weight excluding hydrogens is 234 g/mol. The summed E-state index contributed by atoms with van der Waals surface area (Å²) in [5.74, 6) is -2.00. The summed E-state index contributed by atoms with van der Waals surface area (Å²) < 4.78 is 4.68. The molecule has 1 unspecified atom stereocenters. The quantitative estimate of drug-likeness (QED) is 0.531. The smallest absolute Gasteiger partial charge is 0.870 e. The molecule has 0 aliphatic carbocycles. The van der Waals surface area contributed by atoms with Gasteiger partial charge in [-0.05, 0) is 11.6 Å². The number of aliphatic hydroxyl groups excluding tert-OH is 1. The zero-order valence-electron chi connectivity index (χ0n) is 9.39. The van der Waals surface area contributed by atoms with Crippen LogP contribution in [0.25, 0.3) is 0 Å². The molecule has 1 aromatic rings. The molecule has 0 saturated heterocycles. The van der Waals surface area contributed by atoms with Gasteiger partial charge in [-0.1, -0.05) is 17.9 Å². The zero-order valence-corrected chi connectivity index (χ0v) is 13.4. The van der Waals surface area contributed by atoms with Crippen molar-refractivity contribution in [2.24, 2.45) is 0 Å². The SMILES string of the molecule is COc1cc(C(O)C(=O)[O-])ccc1[O-].[Na+].[Na+]. The number of carbonyl (C=O) groups excluding carboxylic acids is 1. The molecule has 5 nitrogen and oxygen atoms in total. The molecule has 1 atom stereocenters. The van der Waals surface area contributed by atoms with Crippen molar-refractivity contribution in [3.63, 3.8) is 0 Å². The minimum Gasteiger partial charge on any atom is -0.870 e. The third-order valence-electron chi connectivity index (χ3n) is 1.73. The van der Waals surface area contributed by atoms with E-state index in [0.29, 0.717) is 0 Å². The van der Waals surface area contributed by atoms with Gasteiger partial charge < -0.3 is 24.9 Å². The van der Waals surface area contributed by atoms with Crippen LogP contribution >= 0.6 is 0 Å². The molecule has 0 amide bonds. The largest absolute Gasteiger partial charge is 1.00 e. The average molecular weight is 242 g/mol. The first-order chi connectivity index (χ1) is 6.56. The van der Waals surface area contributed by atoms with Gasteiger partial charge in [-0.25, -0.2) is 0 Å². The fourth-order valence-corrected chi connectivity index (χ4v) is 0.990. The van der Waals surface area contributed by atoms with Crippen LogP contribution in [0.15, 0.2) is 18.2 Å². The Bertz CT molecular complexity index is 356. The van der Waals surface area contributed by atoms with Crippen LogP contribution < -0.4 is 74.1 Å². The summed E-state index contributed by atoms with van der Waals surface area (Å²) in [6, 6.07) is 3.51. The third kappa shape index (κ3) is 4.63. The molecule has 0 aliphatic rings. The van der Waals surface area contributed by atoms with Crippen LogP contribution in [0, 0.1) is 0 Å². The van der Waals surface area contributed by atoms with Crippen molar-refractivity contribution in [1.82, 2.24) is 0 Å². The normalized spacial score (nSPS) is 10.6. The number of carbonyl (C=O) groups is 1. The summed E-state index contributed by atoms with van der Waals surface area (Å²) in [6.45, 7) is 0. The molecule has 7 heteroatoms. The summed E-state index contributed by atoms with van der Waals surface area (Å²) in [5.41, 5.74) is 0.0569. The number of ether oxygens (including phenoxy) is 1. The Morgan fingerprint density at radius 2 is 2.00 bits per heavy atom. The number of hydrogen-bond acceptors (Lipinski definition) is 5. The van der Waals surface area contributed by atoms with Crippen LogP contribution in [0.1, 0.15) is 11.7 Å². The molecule has 1 N–H and O–H groups in total. The molecule has 76 valence electrons. The van der Waals surface area contributed by atoms with E-state index in [0.717, 1.165) is 6.07 Å². The molecule has 0 heterocycles. The fourth-order valence-electron chi connectivity index (χ4n) is 0.990. The molecule has 0 fully saturated rings. The predicted octanol–water partition coefficient (Wildman–Crippen LogP) is -7.44. The minimum absolute atomic E-state index is 0. The van der Waals surface area contributed by atoms with Gasteiger partial charge in [0.05, 0.1) is 13.1 Å². The Labute approximate surface area is 137 Å². The first kappa shape index (κ1) is 18.6. The molecule has 1 rings (SSSR count). The standard InChI is InChI=1S/C9H10O5.2Na/c1-14-7-4-5(2-3-6(7)10)8(11)9(12)13;;/h2-4,8,10-11H,1H3,(H,12,13);;/q;2*+1/p-2. The van der Waals surface area contributed by atoms with Crippen molar-refractivity contribution in [2.45, 2.75) is 6.10 Å². The van der Waals surface area contributed by atoms with Crippen molar-refractivity contribution in [3.05, 3.63) is 23.8 Å². The van der Waals surface area contributed by atoms with Gasteiger partial charge in [0.1, 0.15) is 11.9 Å². The van der Waals surface area contributed by atoms with Crippen LogP contribution in [-0.4, -0.2) is 18.2 Å². The van der Waals surface area contributed by atoms with Crippen molar-refractivity contribution < 1.29 is 84.0 Å². The summed E-state index contributed by atoms with van der Waals surface area (Å²) >= 11 is 0. The zero-order chi connectivity index (χ0) is 10.7. The van der Waals surface area contributed by atoms with Gasteiger partial charge in [-0.3, -0.25) is 0 Å². The van der Waals surface area contributed by atoms with Gasteiger partial charge in [0.25, 0.3) is 0 Å². The summed E-state index contributed by atoms with van der Waals surface area (Å²) in [6.07, 6.45) is -1.75. The Balaban J connectivity index is 0. The van der Waals surface area contributed by atoms with Crippen LogP contribution in [0.4, 0.5) is 0 Å². The van der Waals surface area contributed by atoms with Crippen molar-refractivity contribution in [1.29, 1.82) is 0 Å². The predicted molar refractivity (Wildman–Crippen MR) is 42.4 cm³/mol. The van der Waals surface area contributed by atoms with Crippen molar-refractivity contribution in [2.75, 3.05) is 7.11 Å². The Hall–Kier alpha value is 0.250. The Morgan fingerprint density at radius 1 is 1.44 bits per heavy atom. The Kier molecular flexibility index (Phi) is 9.72. The average Bonchev–Trinajstić information content (AvgIpc) is 2.17. The maximum absolute atomic E-state index is 11.0. The molecule has 0 saturated carbocycles. The Morgan fingerprint density at radius 3 is 2.44 bits per heavy atom. The summed E-state index contributed by atoms with van der Waals surface area (Å²) in [5, 5.41) is 30.4. The van der Waals surface area contributed by atoms with Crippen LogP contribution in [0.2, 0.25) is 0 Å². The molecule has 0 radical (unpaired) electrons. The maximum Gasteiger partial charge on any atom is 1.00 e. The number of aliphatic hydroxyl groups is 1. The second-order valence-corrected chi connectivity index (χ2v) is 2.63. The number of carboxylic acids is 1. The third-order valence-corrected chi connectivity index (χ3v) is 1.73. The molecule has 0 aromatic heterocycles. The molecule has 0 aliphatic heterocycles. The van der Waals surface area contributed by atoms with E-state index in [4.69, 9.17) is 5.11 Å². The van der Waals surface area contributed by atoms with E-state index in [1.54, 1.807) is 0 Å².